The number of fused-ring (bicyclic) bond motifs is 1. The zero-order valence-corrected chi connectivity index (χ0v) is 17.4. The second-order valence-electron chi connectivity index (χ2n) is 8.12. The fourth-order valence-corrected chi connectivity index (χ4v) is 5.40. The van der Waals surface area contributed by atoms with Gasteiger partial charge in [0.15, 0.2) is 0 Å². The number of imidazole rings is 1. The van der Waals surface area contributed by atoms with Gasteiger partial charge in [0.1, 0.15) is 17.5 Å². The molecule has 1 saturated carbocycles. The lowest BCUT2D eigenvalue weighted by Crippen LogP contribution is -2.49. The van der Waals surface area contributed by atoms with Crippen molar-refractivity contribution in [3.63, 3.8) is 0 Å². The van der Waals surface area contributed by atoms with E-state index in [1.54, 1.807) is 0 Å². The minimum absolute atomic E-state index is 0.181. The number of hydrogen-bond acceptors (Lipinski definition) is 6. The van der Waals surface area contributed by atoms with Gasteiger partial charge in [0.2, 0.25) is 21.9 Å². The Kier molecular flexibility index (Phi) is 5.22. The van der Waals surface area contributed by atoms with Crippen LogP contribution in [0.2, 0.25) is 0 Å². The SMILES string of the molecule is CCC1(c2nc(F)c3cnc(N[C@@H]4CCN(S(C)(=O)=O)C[C@H]4F)nn23)CCCC1. The highest BCUT2D eigenvalue weighted by atomic mass is 32.2. The lowest BCUT2D eigenvalue weighted by atomic mass is 9.82. The topological polar surface area (TPSA) is 92.5 Å². The van der Waals surface area contributed by atoms with Crippen molar-refractivity contribution in [1.29, 1.82) is 0 Å². The van der Waals surface area contributed by atoms with Gasteiger partial charge in [-0.05, 0) is 25.7 Å². The summed E-state index contributed by atoms with van der Waals surface area (Å²) in [6.07, 6.45) is 6.19. The number of sulfonamides is 1. The van der Waals surface area contributed by atoms with E-state index in [9.17, 15) is 17.2 Å². The van der Waals surface area contributed by atoms with Gasteiger partial charge in [-0.1, -0.05) is 19.8 Å². The number of aromatic nitrogens is 4. The van der Waals surface area contributed by atoms with Crippen molar-refractivity contribution in [2.24, 2.45) is 0 Å². The Morgan fingerprint density at radius 1 is 1.34 bits per heavy atom. The van der Waals surface area contributed by atoms with Crippen LogP contribution in [0.15, 0.2) is 6.20 Å². The van der Waals surface area contributed by atoms with Crippen LogP contribution >= 0.6 is 0 Å². The average Bonchev–Trinajstić information content (AvgIpc) is 3.28. The largest absolute Gasteiger partial charge is 0.347 e. The van der Waals surface area contributed by atoms with Gasteiger partial charge in [0.25, 0.3) is 0 Å². The van der Waals surface area contributed by atoms with Gasteiger partial charge in [-0.3, -0.25) is 0 Å². The molecule has 0 aromatic carbocycles. The minimum Gasteiger partial charge on any atom is -0.347 e. The van der Waals surface area contributed by atoms with Gasteiger partial charge in [-0.2, -0.15) is 8.70 Å². The zero-order valence-electron chi connectivity index (χ0n) is 16.6. The minimum atomic E-state index is -3.43. The van der Waals surface area contributed by atoms with Crippen LogP contribution in [-0.4, -0.2) is 63.9 Å². The summed E-state index contributed by atoms with van der Waals surface area (Å²) >= 11 is 0. The molecule has 0 radical (unpaired) electrons. The molecule has 0 amide bonds. The maximum atomic E-state index is 14.6. The number of halogens is 2. The normalized spacial score (nSPS) is 25.5. The molecule has 2 fully saturated rings. The molecule has 1 aliphatic heterocycles. The quantitative estimate of drug-likeness (QED) is 0.785. The Hall–Kier alpha value is -1.88. The van der Waals surface area contributed by atoms with Crippen molar-refractivity contribution < 1.29 is 17.2 Å². The number of rotatable bonds is 5. The van der Waals surface area contributed by atoms with Gasteiger partial charge < -0.3 is 5.32 Å². The van der Waals surface area contributed by atoms with Gasteiger partial charge in [0, 0.05) is 18.5 Å². The Bertz CT molecular complexity index is 1010. The summed E-state index contributed by atoms with van der Waals surface area (Å²) in [6.45, 7) is 2.10. The smallest absolute Gasteiger partial charge is 0.242 e. The molecule has 1 saturated heterocycles. The Morgan fingerprint density at radius 2 is 2.07 bits per heavy atom. The first-order valence-corrected chi connectivity index (χ1v) is 11.9. The number of alkyl halides is 1. The van der Waals surface area contributed by atoms with Gasteiger partial charge in [0.05, 0.1) is 18.5 Å². The molecule has 4 rings (SSSR count). The van der Waals surface area contributed by atoms with E-state index in [1.165, 1.54) is 10.7 Å². The van der Waals surface area contributed by atoms with Crippen molar-refractivity contribution in [3.8, 4) is 0 Å². The molecule has 2 aromatic heterocycles. The second kappa shape index (κ2) is 7.42. The number of anilines is 1. The number of nitrogens with one attached hydrogen (secondary N) is 1. The molecule has 1 N–H and O–H groups in total. The Labute approximate surface area is 168 Å². The number of piperidine rings is 1. The summed E-state index contributed by atoms with van der Waals surface area (Å²) in [5.41, 5.74) is -0.00327. The van der Waals surface area contributed by atoms with Gasteiger partial charge in [-0.15, -0.1) is 5.10 Å². The molecule has 2 atom stereocenters. The van der Waals surface area contributed by atoms with E-state index in [-0.39, 0.29) is 30.0 Å². The first-order chi connectivity index (χ1) is 13.7. The molecule has 3 heterocycles. The second-order valence-corrected chi connectivity index (χ2v) is 10.1. The molecule has 11 heteroatoms. The maximum absolute atomic E-state index is 14.6. The van der Waals surface area contributed by atoms with E-state index in [2.05, 4.69) is 27.3 Å². The van der Waals surface area contributed by atoms with Crippen molar-refractivity contribution in [2.75, 3.05) is 24.7 Å². The molecule has 2 aliphatic rings. The monoisotopic (exact) mass is 428 g/mol. The van der Waals surface area contributed by atoms with Crippen LogP contribution in [-0.2, 0) is 15.4 Å². The van der Waals surface area contributed by atoms with Crippen LogP contribution in [0.4, 0.5) is 14.7 Å². The van der Waals surface area contributed by atoms with Crippen molar-refractivity contribution in [3.05, 3.63) is 18.0 Å². The summed E-state index contributed by atoms with van der Waals surface area (Å²) in [5.74, 6) is 0.177. The predicted octanol–water partition coefficient (Wildman–Crippen LogP) is 2.27. The van der Waals surface area contributed by atoms with Crippen LogP contribution in [0.3, 0.4) is 0 Å². The van der Waals surface area contributed by atoms with E-state index in [0.717, 1.165) is 42.7 Å². The first-order valence-electron chi connectivity index (χ1n) is 10.0. The molecule has 0 unspecified atom stereocenters. The van der Waals surface area contributed by atoms with E-state index >= 15 is 0 Å². The highest BCUT2D eigenvalue weighted by Crippen LogP contribution is 2.43. The highest BCUT2D eigenvalue weighted by Gasteiger charge is 2.39. The Balaban J connectivity index is 1.60. The van der Waals surface area contributed by atoms with Crippen molar-refractivity contribution in [2.45, 2.75) is 63.1 Å². The highest BCUT2D eigenvalue weighted by molar-refractivity contribution is 7.88. The fourth-order valence-electron chi connectivity index (χ4n) is 4.55. The summed E-state index contributed by atoms with van der Waals surface area (Å²) in [5, 5.41) is 7.39. The summed E-state index contributed by atoms with van der Waals surface area (Å²) in [6, 6.07) is -0.617. The molecule has 0 spiro atoms. The molecule has 8 nitrogen and oxygen atoms in total. The molecule has 29 heavy (non-hydrogen) atoms. The van der Waals surface area contributed by atoms with Gasteiger partial charge >= 0.3 is 0 Å². The number of hydrogen-bond donors (Lipinski definition) is 1. The van der Waals surface area contributed by atoms with Crippen LogP contribution in [0.5, 0.6) is 0 Å². The molecule has 1 aliphatic carbocycles. The third-order valence-electron chi connectivity index (χ3n) is 6.35. The van der Waals surface area contributed by atoms with Crippen molar-refractivity contribution in [1.82, 2.24) is 23.9 Å². The molecule has 0 bridgehead atoms. The third-order valence-corrected chi connectivity index (χ3v) is 7.62. The lowest BCUT2D eigenvalue weighted by Gasteiger charge is -2.33. The fraction of sp³-hybridized carbons (Fsp3) is 0.722. The molecule has 160 valence electrons. The summed E-state index contributed by atoms with van der Waals surface area (Å²) in [7, 11) is -3.43. The summed E-state index contributed by atoms with van der Waals surface area (Å²) < 4.78 is 54.9. The van der Waals surface area contributed by atoms with Crippen LogP contribution in [0, 0.1) is 5.95 Å². The third kappa shape index (κ3) is 3.70. The molecular weight excluding hydrogens is 402 g/mol. The molecule has 2 aromatic rings. The van der Waals surface area contributed by atoms with E-state index in [4.69, 9.17) is 0 Å². The first kappa shape index (κ1) is 20.4. The van der Waals surface area contributed by atoms with Crippen LogP contribution in [0.25, 0.3) is 5.52 Å². The average molecular weight is 429 g/mol. The molecular formula is C18H26F2N6O2S. The van der Waals surface area contributed by atoms with E-state index < -0.39 is 28.2 Å². The summed E-state index contributed by atoms with van der Waals surface area (Å²) in [4.78, 5) is 8.30. The van der Waals surface area contributed by atoms with Crippen LogP contribution < -0.4 is 5.32 Å². The standard InChI is InChI=1S/C18H26F2N6O2S/c1-3-18(7-4-5-8-18)16-23-15(20)14-10-21-17(24-26(14)16)22-13-6-9-25(11-12(13)19)29(2,27)28/h10,12-13H,3-9,11H2,1-2H3,(H,22,24)/t12-,13-/m1/s1. The Morgan fingerprint density at radius 3 is 2.69 bits per heavy atom. The van der Waals surface area contributed by atoms with E-state index in [0.29, 0.717) is 12.2 Å². The maximum Gasteiger partial charge on any atom is 0.242 e. The van der Waals surface area contributed by atoms with Crippen LogP contribution in [0.1, 0.15) is 51.3 Å². The predicted molar refractivity (Wildman–Crippen MR) is 105 cm³/mol. The van der Waals surface area contributed by atoms with Crippen molar-refractivity contribution >= 4 is 21.5 Å². The number of nitrogens with zero attached hydrogens (tertiary/aromatic N) is 5. The lowest BCUT2D eigenvalue weighted by molar-refractivity contribution is 0.186. The van der Waals surface area contributed by atoms with Gasteiger partial charge in [-0.25, -0.2) is 27.3 Å². The zero-order chi connectivity index (χ0) is 20.8. The van der Waals surface area contributed by atoms with E-state index in [1.807, 2.05) is 0 Å².